The third-order valence-electron chi connectivity index (χ3n) is 4.45. The van der Waals surface area contributed by atoms with Gasteiger partial charge in [-0.25, -0.2) is 0 Å². The molecule has 0 aromatic heterocycles. The maximum Gasteiger partial charge on any atom is 0.462 e. The van der Waals surface area contributed by atoms with Crippen molar-refractivity contribution in [1.29, 1.82) is 0 Å². The first kappa shape index (κ1) is 12.9. The number of hydrogen-bond acceptors (Lipinski definition) is 4. The summed E-state index contributed by atoms with van der Waals surface area (Å²) in [5.74, 6) is -0.0610. The first-order chi connectivity index (χ1) is 7.78. The summed E-state index contributed by atoms with van der Waals surface area (Å²) in [6, 6.07) is 0. The molecule has 1 heterocycles. The first-order valence-corrected chi connectivity index (χ1v) is 6.22. The van der Waals surface area contributed by atoms with E-state index in [-0.39, 0.29) is 36.0 Å². The lowest BCUT2D eigenvalue weighted by Gasteiger charge is -2.35. The summed E-state index contributed by atoms with van der Waals surface area (Å²) >= 11 is 0. The molecule has 96 valence electrons. The maximum absolute atomic E-state index is 11.6. The van der Waals surface area contributed by atoms with Crippen LogP contribution in [0.3, 0.4) is 0 Å². The molecule has 0 radical (unpaired) electrons. The smallest absolute Gasteiger partial charge is 0.462 e. The second-order valence-corrected chi connectivity index (χ2v) is 6.00. The van der Waals surface area contributed by atoms with E-state index in [0.717, 1.165) is 12.8 Å². The van der Waals surface area contributed by atoms with Gasteiger partial charge in [-0.1, -0.05) is 6.42 Å². The van der Waals surface area contributed by atoms with E-state index in [2.05, 4.69) is 0 Å². The van der Waals surface area contributed by atoms with Gasteiger partial charge in [0.05, 0.1) is 24.2 Å². The first-order valence-electron chi connectivity index (χ1n) is 6.22. The van der Waals surface area contributed by atoms with Crippen LogP contribution in [0.4, 0.5) is 0 Å². The minimum Gasteiger partial charge on any atom is -0.469 e. The highest BCUT2D eigenvalue weighted by atomic mass is 16.7. The van der Waals surface area contributed by atoms with E-state index in [9.17, 15) is 4.79 Å². The zero-order chi connectivity index (χ0) is 12.8. The summed E-state index contributed by atoms with van der Waals surface area (Å²) in [6.07, 6.45) is 1.85. The molecule has 1 aliphatic heterocycles. The van der Waals surface area contributed by atoms with Crippen LogP contribution in [0.15, 0.2) is 0 Å². The van der Waals surface area contributed by atoms with Gasteiger partial charge in [0, 0.05) is 5.82 Å². The standard InChI is InChI=1S/C12H21BO4/c1-11(2)12(3,4)17-13(16-11)9-7-6-8(9)10(14)15-5/h8-9H,6-7H2,1-5H3. The number of carbonyl (C=O) groups is 1. The van der Waals surface area contributed by atoms with Gasteiger partial charge >= 0.3 is 13.1 Å². The SMILES string of the molecule is COC(=O)C1CCC1B1OC(C)(C)C(C)(C)O1. The summed E-state index contributed by atoms with van der Waals surface area (Å²) in [6.45, 7) is 8.11. The summed E-state index contributed by atoms with van der Waals surface area (Å²) < 4.78 is 16.7. The van der Waals surface area contributed by atoms with Crippen LogP contribution in [0.2, 0.25) is 5.82 Å². The Bertz CT molecular complexity index is 310. The van der Waals surface area contributed by atoms with Crippen molar-refractivity contribution in [1.82, 2.24) is 0 Å². The van der Waals surface area contributed by atoms with Gasteiger partial charge in [-0.3, -0.25) is 4.79 Å². The van der Waals surface area contributed by atoms with E-state index < -0.39 is 0 Å². The van der Waals surface area contributed by atoms with Crippen LogP contribution in [-0.4, -0.2) is 31.4 Å². The van der Waals surface area contributed by atoms with Crippen molar-refractivity contribution in [2.45, 2.75) is 57.6 Å². The zero-order valence-corrected chi connectivity index (χ0v) is 11.3. The van der Waals surface area contributed by atoms with Crippen LogP contribution < -0.4 is 0 Å². The van der Waals surface area contributed by atoms with Crippen molar-refractivity contribution in [3.05, 3.63) is 0 Å². The number of esters is 1. The van der Waals surface area contributed by atoms with Crippen molar-refractivity contribution in [2.24, 2.45) is 5.92 Å². The number of methoxy groups -OCH3 is 1. The Morgan fingerprint density at radius 1 is 1.18 bits per heavy atom. The van der Waals surface area contributed by atoms with Crippen LogP contribution >= 0.6 is 0 Å². The molecule has 0 amide bonds. The fourth-order valence-electron chi connectivity index (χ4n) is 2.36. The van der Waals surface area contributed by atoms with Gasteiger partial charge in [-0.2, -0.15) is 0 Å². The van der Waals surface area contributed by atoms with E-state index >= 15 is 0 Å². The third kappa shape index (κ3) is 1.99. The van der Waals surface area contributed by atoms with Crippen molar-refractivity contribution < 1.29 is 18.8 Å². The summed E-state index contributed by atoms with van der Waals surface area (Å²) in [4.78, 5) is 11.6. The molecule has 0 N–H and O–H groups in total. The van der Waals surface area contributed by atoms with Gasteiger partial charge in [-0.05, 0) is 34.1 Å². The van der Waals surface area contributed by atoms with Gasteiger partial charge in [0.15, 0.2) is 0 Å². The number of carbonyl (C=O) groups excluding carboxylic acids is 1. The van der Waals surface area contributed by atoms with Gasteiger partial charge in [0.1, 0.15) is 0 Å². The van der Waals surface area contributed by atoms with Crippen LogP contribution in [-0.2, 0) is 18.8 Å². The van der Waals surface area contributed by atoms with E-state index in [4.69, 9.17) is 14.0 Å². The minimum atomic E-state index is -0.325. The van der Waals surface area contributed by atoms with E-state index in [1.165, 1.54) is 7.11 Å². The largest absolute Gasteiger partial charge is 0.469 e. The number of ether oxygens (including phenoxy) is 1. The molecule has 0 aromatic carbocycles. The molecule has 0 aromatic rings. The monoisotopic (exact) mass is 240 g/mol. The predicted octanol–water partition coefficient (Wildman–Crippen LogP) is 2.03. The quantitative estimate of drug-likeness (QED) is 0.547. The Balaban J connectivity index is 2.04. The molecule has 2 unspecified atom stereocenters. The van der Waals surface area contributed by atoms with Gasteiger partial charge in [0.25, 0.3) is 0 Å². The Labute approximate surface area is 103 Å². The molecular formula is C12H21BO4. The molecule has 2 rings (SSSR count). The number of rotatable bonds is 2. The molecule has 1 saturated carbocycles. The third-order valence-corrected chi connectivity index (χ3v) is 4.45. The molecule has 1 aliphatic carbocycles. The Hall–Kier alpha value is -0.545. The minimum absolute atomic E-state index is 0.0605. The highest BCUT2D eigenvalue weighted by Gasteiger charge is 2.58. The van der Waals surface area contributed by atoms with Crippen molar-refractivity contribution in [3.63, 3.8) is 0 Å². The molecule has 0 spiro atoms. The fourth-order valence-corrected chi connectivity index (χ4v) is 2.36. The van der Waals surface area contributed by atoms with E-state index in [1.54, 1.807) is 0 Å². The average Bonchev–Trinajstić information content (AvgIpc) is 2.33. The second-order valence-electron chi connectivity index (χ2n) is 6.00. The summed E-state index contributed by atoms with van der Waals surface area (Å²) in [7, 11) is 1.15. The van der Waals surface area contributed by atoms with E-state index in [0.29, 0.717) is 0 Å². The molecule has 1 saturated heterocycles. The lowest BCUT2D eigenvalue weighted by Crippen LogP contribution is -2.41. The Kier molecular flexibility index (Phi) is 3.03. The predicted molar refractivity (Wildman–Crippen MR) is 64.6 cm³/mol. The van der Waals surface area contributed by atoms with Gasteiger partial charge in [-0.15, -0.1) is 0 Å². The molecule has 2 fully saturated rings. The topological polar surface area (TPSA) is 44.8 Å². The zero-order valence-electron chi connectivity index (χ0n) is 11.3. The van der Waals surface area contributed by atoms with Gasteiger partial charge < -0.3 is 14.0 Å². The molecule has 4 nitrogen and oxygen atoms in total. The lowest BCUT2D eigenvalue weighted by atomic mass is 9.54. The van der Waals surface area contributed by atoms with E-state index in [1.807, 2.05) is 27.7 Å². The average molecular weight is 240 g/mol. The van der Waals surface area contributed by atoms with Crippen molar-refractivity contribution >= 4 is 13.1 Å². The Morgan fingerprint density at radius 3 is 2.06 bits per heavy atom. The van der Waals surface area contributed by atoms with Crippen LogP contribution in [0.5, 0.6) is 0 Å². The number of hydrogen-bond donors (Lipinski definition) is 0. The maximum atomic E-state index is 11.6. The summed E-state index contributed by atoms with van der Waals surface area (Å²) in [5, 5.41) is 0. The normalized spacial score (nSPS) is 34.3. The van der Waals surface area contributed by atoms with Crippen molar-refractivity contribution in [3.8, 4) is 0 Å². The Morgan fingerprint density at radius 2 is 1.71 bits per heavy atom. The second kappa shape index (κ2) is 3.99. The van der Waals surface area contributed by atoms with Crippen LogP contribution in [0.25, 0.3) is 0 Å². The summed E-state index contributed by atoms with van der Waals surface area (Å²) in [5.41, 5.74) is -0.651. The molecule has 0 bridgehead atoms. The molecule has 2 aliphatic rings. The molecule has 2 atom stereocenters. The molecule has 5 heteroatoms. The van der Waals surface area contributed by atoms with Gasteiger partial charge in [0.2, 0.25) is 0 Å². The lowest BCUT2D eigenvalue weighted by molar-refractivity contribution is -0.148. The van der Waals surface area contributed by atoms with Crippen LogP contribution in [0.1, 0.15) is 40.5 Å². The molecular weight excluding hydrogens is 219 g/mol. The van der Waals surface area contributed by atoms with Crippen molar-refractivity contribution in [2.75, 3.05) is 7.11 Å². The van der Waals surface area contributed by atoms with Crippen LogP contribution in [0, 0.1) is 5.92 Å². The molecule has 17 heavy (non-hydrogen) atoms. The highest BCUT2D eigenvalue weighted by molar-refractivity contribution is 6.48. The highest BCUT2D eigenvalue weighted by Crippen LogP contribution is 2.49. The fraction of sp³-hybridized carbons (Fsp3) is 0.917.